The zero-order valence-electron chi connectivity index (χ0n) is 11.4. The molecule has 0 saturated heterocycles. The van der Waals surface area contributed by atoms with E-state index >= 15 is 0 Å². The molecule has 0 radical (unpaired) electrons. The van der Waals surface area contributed by atoms with Crippen LogP contribution >= 0.6 is 11.6 Å². The van der Waals surface area contributed by atoms with Gasteiger partial charge in [0.25, 0.3) is 0 Å². The molecule has 102 valence electrons. The van der Waals surface area contributed by atoms with Gasteiger partial charge in [0.15, 0.2) is 0 Å². The summed E-state index contributed by atoms with van der Waals surface area (Å²) in [5.74, 6) is -0.378. The van der Waals surface area contributed by atoms with Crippen LogP contribution in [0.5, 0.6) is 0 Å². The van der Waals surface area contributed by atoms with Crippen LogP contribution in [0.15, 0.2) is 48.5 Å². The van der Waals surface area contributed by atoms with Crippen molar-refractivity contribution in [2.24, 2.45) is 0 Å². The third-order valence-electron chi connectivity index (χ3n) is 2.97. The van der Waals surface area contributed by atoms with E-state index < -0.39 is 0 Å². The smallest absolute Gasteiger partial charge is 0.330 e. The lowest BCUT2D eigenvalue weighted by atomic mass is 9.97. The van der Waals surface area contributed by atoms with Crippen molar-refractivity contribution in [3.8, 4) is 11.1 Å². The van der Waals surface area contributed by atoms with Crippen LogP contribution in [0.2, 0.25) is 5.02 Å². The average molecular weight is 287 g/mol. The maximum absolute atomic E-state index is 11.2. The number of hydrogen-bond donors (Lipinski definition) is 0. The molecule has 2 aromatic rings. The fourth-order valence-electron chi connectivity index (χ4n) is 1.97. The highest BCUT2D eigenvalue weighted by atomic mass is 35.5. The minimum absolute atomic E-state index is 0.378. The predicted molar refractivity (Wildman–Crippen MR) is 82.7 cm³/mol. The Morgan fingerprint density at radius 3 is 2.60 bits per heavy atom. The van der Waals surface area contributed by atoms with Gasteiger partial charge in [-0.05, 0) is 30.2 Å². The van der Waals surface area contributed by atoms with Crippen molar-refractivity contribution >= 4 is 23.6 Å². The Labute approximate surface area is 123 Å². The van der Waals surface area contributed by atoms with Gasteiger partial charge in [-0.25, -0.2) is 4.79 Å². The lowest BCUT2D eigenvalue weighted by Gasteiger charge is -2.09. The first-order valence-electron chi connectivity index (χ1n) is 6.23. The van der Waals surface area contributed by atoms with E-state index in [2.05, 4.69) is 4.74 Å². The number of methoxy groups -OCH3 is 1. The molecule has 2 rings (SSSR count). The monoisotopic (exact) mass is 286 g/mol. The van der Waals surface area contributed by atoms with E-state index in [1.54, 1.807) is 6.08 Å². The standard InChI is InChI=1S/C17H15ClO2/c1-12-7-9-14(15-5-3-4-6-16(15)18)13(11-12)8-10-17(19)20-2/h3-11H,1-2H3/b10-8+. The fourth-order valence-corrected chi connectivity index (χ4v) is 2.21. The number of ether oxygens (including phenoxy) is 1. The van der Waals surface area contributed by atoms with Crippen LogP contribution in [0, 0.1) is 6.92 Å². The van der Waals surface area contributed by atoms with Gasteiger partial charge >= 0.3 is 5.97 Å². The quantitative estimate of drug-likeness (QED) is 0.613. The van der Waals surface area contributed by atoms with Gasteiger partial charge in [-0.15, -0.1) is 0 Å². The molecule has 2 nitrogen and oxygen atoms in total. The van der Waals surface area contributed by atoms with E-state index in [9.17, 15) is 4.79 Å². The Balaban J connectivity index is 2.51. The van der Waals surface area contributed by atoms with E-state index in [1.165, 1.54) is 13.2 Å². The molecule has 2 aromatic carbocycles. The Kier molecular flexibility index (Phi) is 4.59. The summed E-state index contributed by atoms with van der Waals surface area (Å²) in [5, 5.41) is 0.684. The Morgan fingerprint density at radius 1 is 1.15 bits per heavy atom. The van der Waals surface area contributed by atoms with Gasteiger partial charge in [0.05, 0.1) is 7.11 Å². The SMILES string of the molecule is COC(=O)/C=C/c1cc(C)ccc1-c1ccccc1Cl. The predicted octanol–water partition coefficient (Wildman–Crippen LogP) is 4.50. The van der Waals surface area contributed by atoms with Gasteiger partial charge in [-0.3, -0.25) is 0 Å². The highest BCUT2D eigenvalue weighted by Crippen LogP contribution is 2.31. The minimum atomic E-state index is -0.378. The van der Waals surface area contributed by atoms with E-state index in [4.69, 9.17) is 11.6 Å². The van der Waals surface area contributed by atoms with Crippen LogP contribution in [0.3, 0.4) is 0 Å². The molecule has 0 atom stereocenters. The van der Waals surface area contributed by atoms with Gasteiger partial charge in [-0.2, -0.15) is 0 Å². The molecular weight excluding hydrogens is 272 g/mol. The van der Waals surface area contributed by atoms with Crippen molar-refractivity contribution in [3.63, 3.8) is 0 Å². The van der Waals surface area contributed by atoms with Crippen LogP contribution in [0.1, 0.15) is 11.1 Å². The summed E-state index contributed by atoms with van der Waals surface area (Å²) >= 11 is 6.24. The molecule has 0 aliphatic carbocycles. The molecule has 0 fully saturated rings. The summed E-state index contributed by atoms with van der Waals surface area (Å²) in [5.41, 5.74) is 3.98. The summed E-state index contributed by atoms with van der Waals surface area (Å²) in [6.45, 7) is 2.01. The summed E-state index contributed by atoms with van der Waals surface area (Å²) in [6, 6.07) is 13.7. The van der Waals surface area contributed by atoms with Crippen LogP contribution in [-0.2, 0) is 9.53 Å². The highest BCUT2D eigenvalue weighted by Gasteiger charge is 2.07. The van der Waals surface area contributed by atoms with Crippen LogP contribution in [0.4, 0.5) is 0 Å². The molecule has 0 aliphatic heterocycles. The number of hydrogen-bond acceptors (Lipinski definition) is 2. The molecule has 0 N–H and O–H groups in total. The summed E-state index contributed by atoms with van der Waals surface area (Å²) < 4.78 is 4.62. The van der Waals surface area contributed by atoms with Gasteiger partial charge in [0.1, 0.15) is 0 Å². The normalized spacial score (nSPS) is 10.8. The molecule has 0 spiro atoms. The second-order valence-corrected chi connectivity index (χ2v) is 4.83. The number of halogens is 1. The van der Waals surface area contributed by atoms with Crippen molar-refractivity contribution in [2.45, 2.75) is 6.92 Å². The molecule has 0 bridgehead atoms. The zero-order valence-corrected chi connectivity index (χ0v) is 12.1. The van der Waals surface area contributed by atoms with E-state index in [-0.39, 0.29) is 5.97 Å². The van der Waals surface area contributed by atoms with E-state index in [0.717, 1.165) is 22.3 Å². The molecule has 0 unspecified atom stereocenters. The summed E-state index contributed by atoms with van der Waals surface area (Å²) in [6.07, 6.45) is 3.16. The summed E-state index contributed by atoms with van der Waals surface area (Å²) in [4.78, 5) is 11.2. The van der Waals surface area contributed by atoms with Crippen molar-refractivity contribution in [1.29, 1.82) is 0 Å². The van der Waals surface area contributed by atoms with Gasteiger partial charge in [0.2, 0.25) is 0 Å². The molecule has 3 heteroatoms. The van der Waals surface area contributed by atoms with Crippen LogP contribution in [0.25, 0.3) is 17.2 Å². The molecule has 20 heavy (non-hydrogen) atoms. The molecule has 0 heterocycles. The van der Waals surface area contributed by atoms with Crippen molar-refractivity contribution in [2.75, 3.05) is 7.11 Å². The van der Waals surface area contributed by atoms with Crippen molar-refractivity contribution in [3.05, 3.63) is 64.7 Å². The number of benzene rings is 2. The number of carbonyl (C=O) groups excluding carboxylic acids is 1. The Morgan fingerprint density at radius 2 is 1.90 bits per heavy atom. The number of rotatable bonds is 3. The van der Waals surface area contributed by atoms with E-state index in [0.29, 0.717) is 5.02 Å². The Hall–Kier alpha value is -2.06. The number of carbonyl (C=O) groups is 1. The van der Waals surface area contributed by atoms with Gasteiger partial charge in [-0.1, -0.05) is 53.6 Å². The minimum Gasteiger partial charge on any atom is -0.466 e. The number of aryl methyl sites for hydroxylation is 1. The zero-order chi connectivity index (χ0) is 14.5. The maximum atomic E-state index is 11.2. The third-order valence-corrected chi connectivity index (χ3v) is 3.30. The van der Waals surface area contributed by atoms with Crippen molar-refractivity contribution in [1.82, 2.24) is 0 Å². The maximum Gasteiger partial charge on any atom is 0.330 e. The first-order chi connectivity index (χ1) is 9.61. The average Bonchev–Trinajstić information content (AvgIpc) is 2.46. The van der Waals surface area contributed by atoms with E-state index in [1.807, 2.05) is 49.4 Å². The van der Waals surface area contributed by atoms with Crippen LogP contribution in [-0.4, -0.2) is 13.1 Å². The highest BCUT2D eigenvalue weighted by molar-refractivity contribution is 6.33. The second kappa shape index (κ2) is 6.40. The summed E-state index contributed by atoms with van der Waals surface area (Å²) in [7, 11) is 1.36. The molecule has 0 aliphatic rings. The second-order valence-electron chi connectivity index (χ2n) is 4.43. The van der Waals surface area contributed by atoms with Gasteiger partial charge in [0, 0.05) is 16.7 Å². The molecular formula is C17H15ClO2. The third kappa shape index (κ3) is 3.28. The van der Waals surface area contributed by atoms with Gasteiger partial charge < -0.3 is 4.74 Å². The lowest BCUT2D eigenvalue weighted by Crippen LogP contribution is -1.94. The van der Waals surface area contributed by atoms with Crippen LogP contribution < -0.4 is 0 Å². The molecule has 0 aromatic heterocycles. The van der Waals surface area contributed by atoms with Crippen molar-refractivity contribution < 1.29 is 9.53 Å². The molecule has 0 amide bonds. The Bertz CT molecular complexity index is 660. The topological polar surface area (TPSA) is 26.3 Å². The first kappa shape index (κ1) is 14.4. The molecule has 0 saturated carbocycles. The fraction of sp³-hybridized carbons (Fsp3) is 0.118. The number of esters is 1. The lowest BCUT2D eigenvalue weighted by molar-refractivity contribution is -0.134. The largest absolute Gasteiger partial charge is 0.466 e. The first-order valence-corrected chi connectivity index (χ1v) is 6.61.